The van der Waals surface area contributed by atoms with Gasteiger partial charge in [0.15, 0.2) is 0 Å². The van der Waals surface area contributed by atoms with Crippen LogP contribution in [0.1, 0.15) is 56.4 Å². The van der Waals surface area contributed by atoms with E-state index < -0.39 is 11.2 Å². The van der Waals surface area contributed by atoms with Crippen molar-refractivity contribution in [3.63, 3.8) is 0 Å². The molecule has 4 atom stereocenters. The first-order valence-electron chi connectivity index (χ1n) is 17.3. The Kier molecular flexibility index (Phi) is 15.2. The maximum Gasteiger partial charge on any atom is 0.123 e. The third-order valence-electron chi connectivity index (χ3n) is 9.38. The largest absolute Gasteiger partial charge is 0.385 e. The van der Waals surface area contributed by atoms with E-state index in [9.17, 15) is 14.6 Å². The summed E-state index contributed by atoms with van der Waals surface area (Å²) >= 11 is 0. The van der Waals surface area contributed by atoms with Crippen LogP contribution in [0.2, 0.25) is 0 Å². The van der Waals surface area contributed by atoms with Crippen LogP contribution in [-0.2, 0) is 12.0 Å². The van der Waals surface area contributed by atoms with Gasteiger partial charge in [0.2, 0.25) is 0 Å². The first-order valence-corrected chi connectivity index (χ1v) is 17.3. The van der Waals surface area contributed by atoms with Crippen LogP contribution in [0.5, 0.6) is 0 Å². The molecule has 4 rings (SSSR count). The van der Waals surface area contributed by atoms with Gasteiger partial charge in [-0.05, 0) is 100 Å². The molecule has 262 valence electrons. The lowest BCUT2D eigenvalue weighted by Crippen LogP contribution is -2.43. The van der Waals surface area contributed by atoms with E-state index in [4.69, 9.17) is 0 Å². The Balaban J connectivity index is 0.000000266. The monoisotopic (exact) mass is 664 g/mol. The molecule has 0 radical (unpaired) electrons. The van der Waals surface area contributed by atoms with E-state index in [1.165, 1.54) is 17.7 Å². The minimum atomic E-state index is -1.16. The molecule has 4 aromatic rings. The molecule has 5 heteroatoms. The fraction of sp³-hybridized carbons (Fsp3) is 0.364. The summed E-state index contributed by atoms with van der Waals surface area (Å²) < 4.78 is 13.3. The van der Waals surface area contributed by atoms with Gasteiger partial charge in [0.1, 0.15) is 11.4 Å². The van der Waals surface area contributed by atoms with E-state index in [1.807, 2.05) is 88.6 Å². The number of aryl methyl sites for hydroxylation is 1. The van der Waals surface area contributed by atoms with Crippen LogP contribution in [0.25, 0.3) is 12.2 Å². The summed E-state index contributed by atoms with van der Waals surface area (Å²) in [5.74, 6) is -0.213. The number of aliphatic hydroxyl groups is 2. The van der Waals surface area contributed by atoms with Crippen molar-refractivity contribution in [1.29, 1.82) is 0 Å². The van der Waals surface area contributed by atoms with Gasteiger partial charge in [-0.15, -0.1) is 0 Å². The maximum absolute atomic E-state index is 13.3. The highest BCUT2D eigenvalue weighted by atomic mass is 19.1. The highest BCUT2D eigenvalue weighted by Gasteiger charge is 2.38. The smallest absolute Gasteiger partial charge is 0.123 e. The Labute approximate surface area is 295 Å². The zero-order chi connectivity index (χ0) is 36.0. The second-order valence-electron chi connectivity index (χ2n) is 14.0. The molecule has 0 heterocycles. The minimum absolute atomic E-state index is 0.0575. The lowest BCUT2D eigenvalue weighted by Gasteiger charge is -2.37. The molecule has 4 unspecified atom stereocenters. The van der Waals surface area contributed by atoms with Gasteiger partial charge in [0.25, 0.3) is 0 Å². The third kappa shape index (κ3) is 11.6. The average molecular weight is 665 g/mol. The summed E-state index contributed by atoms with van der Waals surface area (Å²) in [6, 6.07) is 36.7. The summed E-state index contributed by atoms with van der Waals surface area (Å²) in [5.41, 5.74) is 4.04. The molecular formula is C44H57FN2O2. The van der Waals surface area contributed by atoms with Crippen molar-refractivity contribution in [3.8, 4) is 0 Å². The summed E-state index contributed by atoms with van der Waals surface area (Å²) in [5, 5.41) is 23.2. The highest BCUT2D eigenvalue weighted by molar-refractivity contribution is 5.56. The van der Waals surface area contributed by atoms with Crippen molar-refractivity contribution in [2.45, 2.75) is 51.7 Å². The zero-order valence-corrected chi connectivity index (χ0v) is 30.8. The molecule has 0 aliphatic carbocycles. The van der Waals surface area contributed by atoms with Gasteiger partial charge in [-0.2, -0.15) is 0 Å². The molecule has 4 aromatic carbocycles. The predicted octanol–water partition coefficient (Wildman–Crippen LogP) is 8.97. The molecule has 0 fully saturated rings. The second-order valence-corrected chi connectivity index (χ2v) is 14.0. The molecule has 0 amide bonds. The molecular weight excluding hydrogens is 607 g/mol. The maximum atomic E-state index is 13.3. The van der Waals surface area contributed by atoms with Crippen LogP contribution < -0.4 is 0 Å². The van der Waals surface area contributed by atoms with Crippen LogP contribution in [-0.4, -0.2) is 66.9 Å². The summed E-state index contributed by atoms with van der Waals surface area (Å²) in [7, 11) is 8.09. The Morgan fingerprint density at radius 1 is 0.633 bits per heavy atom. The van der Waals surface area contributed by atoms with E-state index in [-0.39, 0.29) is 17.7 Å². The molecule has 0 aliphatic rings. The van der Waals surface area contributed by atoms with Gasteiger partial charge in [0.05, 0.1) is 5.60 Å². The summed E-state index contributed by atoms with van der Waals surface area (Å²) in [6.45, 7) is 9.73. The lowest BCUT2D eigenvalue weighted by atomic mass is 9.76. The number of nitrogens with zero attached hydrogens (tertiary/aromatic N) is 2. The first kappa shape index (κ1) is 39.6. The second kappa shape index (κ2) is 18.8. The average Bonchev–Trinajstić information content (AvgIpc) is 3.08. The predicted molar refractivity (Wildman–Crippen MR) is 206 cm³/mol. The van der Waals surface area contributed by atoms with Crippen molar-refractivity contribution in [3.05, 3.63) is 154 Å². The molecule has 0 aliphatic heterocycles. The fourth-order valence-electron chi connectivity index (χ4n) is 6.63. The number of hydrogen-bond donors (Lipinski definition) is 2. The molecule has 49 heavy (non-hydrogen) atoms. The summed E-state index contributed by atoms with van der Waals surface area (Å²) in [4.78, 5) is 4.20. The van der Waals surface area contributed by atoms with Crippen molar-refractivity contribution < 1.29 is 14.6 Å². The number of hydrogen-bond acceptors (Lipinski definition) is 4. The van der Waals surface area contributed by atoms with Crippen LogP contribution in [0.15, 0.2) is 126 Å². The van der Waals surface area contributed by atoms with Gasteiger partial charge in [-0.3, -0.25) is 0 Å². The zero-order valence-electron chi connectivity index (χ0n) is 30.8. The fourth-order valence-corrected chi connectivity index (χ4v) is 6.63. The number of benzene rings is 4. The molecule has 4 nitrogen and oxygen atoms in total. The number of rotatable bonds is 14. The third-order valence-corrected chi connectivity index (χ3v) is 9.38. The van der Waals surface area contributed by atoms with Crippen LogP contribution in [0.4, 0.5) is 4.39 Å². The van der Waals surface area contributed by atoms with Gasteiger partial charge >= 0.3 is 0 Å². The van der Waals surface area contributed by atoms with Crippen molar-refractivity contribution in [2.75, 3.05) is 41.3 Å². The Bertz CT molecular complexity index is 1590. The molecule has 0 saturated heterocycles. The van der Waals surface area contributed by atoms with Gasteiger partial charge in [-0.25, -0.2) is 4.39 Å². The van der Waals surface area contributed by atoms with Gasteiger partial charge in [0, 0.05) is 24.9 Å². The Morgan fingerprint density at radius 2 is 1.06 bits per heavy atom. The quantitative estimate of drug-likeness (QED) is 0.141. The van der Waals surface area contributed by atoms with E-state index in [2.05, 4.69) is 80.2 Å². The van der Waals surface area contributed by atoms with E-state index in [1.54, 1.807) is 12.1 Å². The van der Waals surface area contributed by atoms with Crippen LogP contribution in [0, 0.1) is 17.7 Å². The number of halogens is 1. The molecule has 0 bridgehead atoms. The SMILES string of the molecule is CC(=Cc1ccccc1)C(O)(CCc1ccccc1)C(C)CN(C)C.CC(=Cc1ccccc1)C(O)(c1ccc(F)cc1)C(C)CN(C)C. The normalized spacial score (nSPS) is 15.9. The molecule has 2 N–H and O–H groups in total. The first-order chi connectivity index (χ1) is 23.2. The van der Waals surface area contributed by atoms with E-state index >= 15 is 0 Å². The lowest BCUT2D eigenvalue weighted by molar-refractivity contribution is 0.00731. The highest BCUT2D eigenvalue weighted by Crippen LogP contribution is 2.38. The van der Waals surface area contributed by atoms with Gasteiger partial charge in [-0.1, -0.05) is 129 Å². The van der Waals surface area contributed by atoms with E-state index in [0.29, 0.717) is 12.1 Å². The molecule has 0 aromatic heterocycles. The molecule has 0 saturated carbocycles. The minimum Gasteiger partial charge on any atom is -0.385 e. The van der Waals surface area contributed by atoms with E-state index in [0.717, 1.165) is 41.7 Å². The van der Waals surface area contributed by atoms with Crippen molar-refractivity contribution in [1.82, 2.24) is 9.80 Å². The standard InChI is InChI=1S/C23H31NO.C21H26FNO/c1-19(17-22-13-9-6-10-14-22)23(25,20(2)18-24(3)4)16-15-21-11-7-5-8-12-21;1-16(14-18-8-6-5-7-9-18)21(24,17(2)15-23(3)4)19-10-12-20(22)13-11-19/h5-14,17,20,25H,15-16,18H2,1-4H3;5-14,17,24H,15H2,1-4H3. The van der Waals surface area contributed by atoms with Crippen LogP contribution in [0.3, 0.4) is 0 Å². The topological polar surface area (TPSA) is 46.9 Å². The Hall–Kier alpha value is -3.87. The van der Waals surface area contributed by atoms with Gasteiger partial charge < -0.3 is 20.0 Å². The van der Waals surface area contributed by atoms with Crippen LogP contribution >= 0.6 is 0 Å². The van der Waals surface area contributed by atoms with Crippen molar-refractivity contribution >= 4 is 12.2 Å². The summed E-state index contributed by atoms with van der Waals surface area (Å²) in [6.07, 6.45) is 5.71. The molecule has 0 spiro atoms. The van der Waals surface area contributed by atoms with Crippen molar-refractivity contribution in [2.24, 2.45) is 11.8 Å². The Morgan fingerprint density at radius 3 is 1.53 bits per heavy atom.